The minimum Gasteiger partial charge on any atom is -0.365 e. The van der Waals surface area contributed by atoms with Crippen LogP contribution in [0.15, 0.2) is 0 Å². The Morgan fingerprint density at radius 2 is 2.14 bits per heavy atom. The fourth-order valence-corrected chi connectivity index (χ4v) is 2.48. The number of H-pyrrole nitrogens is 1. The Bertz CT molecular complexity index is 553. The molecule has 0 unspecified atom stereocenters. The molecule has 0 aliphatic carbocycles. The molecule has 1 aliphatic rings. The van der Waals surface area contributed by atoms with Crippen LogP contribution >= 0.6 is 0 Å². The summed E-state index contributed by atoms with van der Waals surface area (Å²) in [5, 5.41) is 7.15. The number of aromatic amines is 1. The van der Waals surface area contributed by atoms with E-state index in [-0.39, 0.29) is 11.8 Å². The summed E-state index contributed by atoms with van der Waals surface area (Å²) in [4.78, 5) is 27.5. The van der Waals surface area contributed by atoms with E-state index in [0.29, 0.717) is 32.5 Å². The molecule has 1 aromatic rings. The summed E-state index contributed by atoms with van der Waals surface area (Å²) in [6.45, 7) is 5.23. The lowest BCUT2D eigenvalue weighted by Gasteiger charge is -2.33. The van der Waals surface area contributed by atoms with Crippen LogP contribution in [0.5, 0.6) is 0 Å². The third-order valence-electron chi connectivity index (χ3n) is 4.06. The van der Waals surface area contributed by atoms with Gasteiger partial charge in [-0.2, -0.15) is 5.10 Å². The van der Waals surface area contributed by atoms with E-state index in [0.717, 1.165) is 17.0 Å². The molecule has 1 N–H and O–H groups in total. The Balaban J connectivity index is 1.89. The summed E-state index contributed by atoms with van der Waals surface area (Å²) in [5.41, 5.74) is 3.07. The fraction of sp³-hybridized carbons (Fsp3) is 0.667. The summed E-state index contributed by atoms with van der Waals surface area (Å²) >= 11 is 0. The maximum Gasteiger partial charge on any atom is 0.253 e. The van der Waals surface area contributed by atoms with Crippen LogP contribution in [0.2, 0.25) is 0 Å². The van der Waals surface area contributed by atoms with Gasteiger partial charge in [-0.25, -0.2) is 0 Å². The van der Waals surface area contributed by atoms with Crippen LogP contribution in [0.3, 0.4) is 0 Å². The summed E-state index contributed by atoms with van der Waals surface area (Å²) in [6, 6.07) is 0. The topological polar surface area (TPSA) is 78.5 Å². The Kier molecular flexibility index (Phi) is 5.18. The fourth-order valence-electron chi connectivity index (χ4n) is 2.48. The molecule has 0 aromatic carbocycles. The predicted octanol–water partition coefficient (Wildman–Crippen LogP) is 0.275. The van der Waals surface area contributed by atoms with Gasteiger partial charge in [0.05, 0.1) is 18.8 Å². The third-order valence-corrected chi connectivity index (χ3v) is 4.06. The van der Waals surface area contributed by atoms with E-state index in [1.165, 1.54) is 4.90 Å². The van der Waals surface area contributed by atoms with Gasteiger partial charge in [-0.05, 0) is 19.4 Å². The van der Waals surface area contributed by atoms with Crippen molar-refractivity contribution in [3.05, 3.63) is 17.0 Å². The number of amides is 2. The number of morpholine rings is 1. The molecule has 7 heteroatoms. The van der Waals surface area contributed by atoms with Crippen molar-refractivity contribution in [2.75, 3.05) is 33.8 Å². The molecule has 22 heavy (non-hydrogen) atoms. The van der Waals surface area contributed by atoms with Crippen LogP contribution in [-0.4, -0.2) is 71.7 Å². The molecular formula is C15H24N4O3. The zero-order chi connectivity index (χ0) is 16.3. The number of likely N-dealkylation sites (N-methyl/N-ethyl adjacent to an activating group) is 1. The van der Waals surface area contributed by atoms with Crippen molar-refractivity contribution in [1.82, 2.24) is 20.0 Å². The van der Waals surface area contributed by atoms with Gasteiger partial charge in [0.2, 0.25) is 5.91 Å². The van der Waals surface area contributed by atoms with Gasteiger partial charge in [0, 0.05) is 39.2 Å². The van der Waals surface area contributed by atoms with E-state index in [9.17, 15) is 9.59 Å². The maximum absolute atomic E-state index is 12.3. The first-order valence-electron chi connectivity index (χ1n) is 7.51. The zero-order valence-electron chi connectivity index (χ0n) is 13.7. The molecule has 2 amide bonds. The van der Waals surface area contributed by atoms with Crippen molar-refractivity contribution in [1.29, 1.82) is 0 Å². The molecule has 122 valence electrons. The molecule has 0 spiro atoms. The molecule has 0 bridgehead atoms. The highest BCUT2D eigenvalue weighted by molar-refractivity contribution is 5.82. The number of aryl methyl sites for hydroxylation is 2. The van der Waals surface area contributed by atoms with Crippen LogP contribution in [-0.2, 0) is 20.7 Å². The minimum absolute atomic E-state index is 0.0416. The van der Waals surface area contributed by atoms with E-state index in [2.05, 4.69) is 10.2 Å². The molecular weight excluding hydrogens is 284 g/mol. The number of rotatable bonds is 4. The van der Waals surface area contributed by atoms with Crippen molar-refractivity contribution in [3.8, 4) is 0 Å². The normalized spacial score (nSPS) is 18.4. The van der Waals surface area contributed by atoms with E-state index in [1.54, 1.807) is 19.0 Å². The number of hydrogen-bond donors (Lipinski definition) is 1. The standard InChI is InChI=1S/C15H24N4O3/c1-10-11(2)16-17-12(10)5-6-14(20)19-7-8-22-13(9-19)15(21)18(3)4/h13H,5-9H2,1-4H3,(H,16,17)/t13-/m0/s1. The monoisotopic (exact) mass is 308 g/mol. The molecule has 0 saturated carbocycles. The minimum atomic E-state index is -0.554. The van der Waals surface area contributed by atoms with Crippen molar-refractivity contribution in [2.45, 2.75) is 32.8 Å². The average Bonchev–Trinajstić information content (AvgIpc) is 2.83. The van der Waals surface area contributed by atoms with Gasteiger partial charge in [0.25, 0.3) is 5.91 Å². The molecule has 1 aliphatic heterocycles. The molecule has 1 fully saturated rings. The second kappa shape index (κ2) is 6.91. The summed E-state index contributed by atoms with van der Waals surface area (Å²) in [7, 11) is 3.38. The highest BCUT2D eigenvalue weighted by Gasteiger charge is 2.30. The summed E-state index contributed by atoms with van der Waals surface area (Å²) < 4.78 is 5.46. The zero-order valence-corrected chi connectivity index (χ0v) is 13.7. The molecule has 1 atom stereocenters. The van der Waals surface area contributed by atoms with Crippen molar-refractivity contribution in [2.24, 2.45) is 0 Å². The highest BCUT2D eigenvalue weighted by Crippen LogP contribution is 2.13. The summed E-state index contributed by atoms with van der Waals surface area (Å²) in [6.07, 6.45) is 0.453. The lowest BCUT2D eigenvalue weighted by atomic mass is 10.1. The van der Waals surface area contributed by atoms with Crippen molar-refractivity contribution < 1.29 is 14.3 Å². The number of carbonyl (C=O) groups is 2. The number of aromatic nitrogens is 2. The number of hydrogen-bond acceptors (Lipinski definition) is 4. The molecule has 2 rings (SSSR count). The molecule has 2 heterocycles. The number of nitrogens with zero attached hydrogens (tertiary/aromatic N) is 3. The molecule has 7 nitrogen and oxygen atoms in total. The van der Waals surface area contributed by atoms with Gasteiger partial charge in [0.1, 0.15) is 0 Å². The second-order valence-corrected chi connectivity index (χ2v) is 5.85. The van der Waals surface area contributed by atoms with Crippen LogP contribution in [0, 0.1) is 13.8 Å². The van der Waals surface area contributed by atoms with Gasteiger partial charge >= 0.3 is 0 Å². The van der Waals surface area contributed by atoms with Crippen molar-refractivity contribution >= 4 is 11.8 Å². The van der Waals surface area contributed by atoms with E-state index < -0.39 is 6.10 Å². The third kappa shape index (κ3) is 3.65. The smallest absolute Gasteiger partial charge is 0.253 e. The largest absolute Gasteiger partial charge is 0.365 e. The van der Waals surface area contributed by atoms with Crippen LogP contribution < -0.4 is 0 Å². The first-order chi connectivity index (χ1) is 10.4. The first kappa shape index (κ1) is 16.5. The summed E-state index contributed by atoms with van der Waals surface area (Å²) in [5.74, 6) is -0.0591. The highest BCUT2D eigenvalue weighted by atomic mass is 16.5. The molecule has 1 aromatic heterocycles. The first-order valence-corrected chi connectivity index (χ1v) is 7.51. The van der Waals surface area contributed by atoms with E-state index in [1.807, 2.05) is 13.8 Å². The lowest BCUT2D eigenvalue weighted by molar-refractivity contribution is -0.152. The van der Waals surface area contributed by atoms with Gasteiger partial charge in [-0.3, -0.25) is 14.7 Å². The SMILES string of the molecule is Cc1[nH]nc(CCC(=O)N2CCO[C@H](C(=O)N(C)C)C2)c1C. The Morgan fingerprint density at radius 3 is 2.73 bits per heavy atom. The van der Waals surface area contributed by atoms with E-state index in [4.69, 9.17) is 4.74 Å². The predicted molar refractivity (Wildman–Crippen MR) is 81.4 cm³/mol. The molecule has 1 saturated heterocycles. The van der Waals surface area contributed by atoms with Gasteiger partial charge in [-0.15, -0.1) is 0 Å². The van der Waals surface area contributed by atoms with Gasteiger partial charge < -0.3 is 14.5 Å². The van der Waals surface area contributed by atoms with E-state index >= 15 is 0 Å². The van der Waals surface area contributed by atoms with Crippen molar-refractivity contribution in [3.63, 3.8) is 0 Å². The number of carbonyl (C=O) groups excluding carboxylic acids is 2. The number of nitrogens with one attached hydrogen (secondary N) is 1. The van der Waals surface area contributed by atoms with Crippen LogP contribution in [0.1, 0.15) is 23.4 Å². The van der Waals surface area contributed by atoms with Gasteiger partial charge in [-0.1, -0.05) is 0 Å². The van der Waals surface area contributed by atoms with Crippen LogP contribution in [0.25, 0.3) is 0 Å². The second-order valence-electron chi connectivity index (χ2n) is 5.85. The average molecular weight is 308 g/mol. The Hall–Kier alpha value is -1.89. The maximum atomic E-state index is 12.3. The quantitative estimate of drug-likeness (QED) is 0.866. The Labute approximate surface area is 130 Å². The molecule has 0 radical (unpaired) electrons. The Morgan fingerprint density at radius 1 is 1.41 bits per heavy atom. The lowest BCUT2D eigenvalue weighted by Crippen LogP contribution is -2.51. The number of ether oxygens (including phenoxy) is 1. The van der Waals surface area contributed by atoms with Crippen LogP contribution in [0.4, 0.5) is 0 Å². The van der Waals surface area contributed by atoms with Gasteiger partial charge in [0.15, 0.2) is 6.10 Å².